The summed E-state index contributed by atoms with van der Waals surface area (Å²) < 4.78 is 2.21. The first-order valence-corrected chi connectivity index (χ1v) is 7.26. The van der Waals surface area contributed by atoms with E-state index in [1.165, 1.54) is 5.39 Å². The van der Waals surface area contributed by atoms with E-state index in [4.69, 9.17) is 5.73 Å². The molecule has 0 aliphatic heterocycles. The van der Waals surface area contributed by atoms with Gasteiger partial charge in [0.05, 0.1) is 5.52 Å². The van der Waals surface area contributed by atoms with E-state index in [-0.39, 0.29) is 36.6 Å². The molecule has 0 aliphatic carbocycles. The van der Waals surface area contributed by atoms with Crippen molar-refractivity contribution in [2.75, 3.05) is 32.5 Å². The summed E-state index contributed by atoms with van der Waals surface area (Å²) in [6.07, 6.45) is 2.09. The van der Waals surface area contributed by atoms with Gasteiger partial charge < -0.3 is 20.5 Å². The maximum atomic E-state index is 11.9. The number of carbonyl (C=O) groups is 1. The third kappa shape index (κ3) is 5.70. The van der Waals surface area contributed by atoms with Crippen molar-refractivity contribution in [2.45, 2.75) is 13.5 Å². The Balaban J connectivity index is 0.00000242. The van der Waals surface area contributed by atoms with Crippen LogP contribution in [0.15, 0.2) is 30.5 Å². The van der Waals surface area contributed by atoms with Crippen molar-refractivity contribution < 1.29 is 4.79 Å². The number of aromatic nitrogens is 1. The molecule has 1 atom stereocenters. The average molecular weight is 361 g/mol. The summed E-state index contributed by atoms with van der Waals surface area (Å²) >= 11 is 0. The average Bonchev–Trinajstić information content (AvgIpc) is 2.86. The van der Waals surface area contributed by atoms with Crippen molar-refractivity contribution in [3.63, 3.8) is 0 Å². The lowest BCUT2D eigenvalue weighted by Crippen LogP contribution is -2.26. The molecule has 2 aromatic rings. The second-order valence-electron chi connectivity index (χ2n) is 5.71. The summed E-state index contributed by atoms with van der Waals surface area (Å²) in [5.74, 6) is -0.218. The SMILES string of the molecule is CC(CN)C(=O)Nc1ccc2ccn(CCN(C)C)c2c1.Cl.Cl. The number of nitrogens with zero attached hydrogens (tertiary/aromatic N) is 2. The molecule has 5 nitrogen and oxygen atoms in total. The molecule has 0 spiro atoms. The zero-order valence-electron chi connectivity index (χ0n) is 13.8. The fourth-order valence-corrected chi connectivity index (χ4v) is 2.14. The van der Waals surface area contributed by atoms with E-state index in [9.17, 15) is 4.79 Å². The minimum atomic E-state index is -0.179. The van der Waals surface area contributed by atoms with Gasteiger partial charge in [0, 0.05) is 37.4 Å². The van der Waals surface area contributed by atoms with E-state index in [0.29, 0.717) is 6.54 Å². The highest BCUT2D eigenvalue weighted by molar-refractivity contribution is 5.95. The van der Waals surface area contributed by atoms with Crippen LogP contribution in [-0.2, 0) is 11.3 Å². The largest absolute Gasteiger partial charge is 0.346 e. The maximum Gasteiger partial charge on any atom is 0.228 e. The number of rotatable bonds is 6. The van der Waals surface area contributed by atoms with Gasteiger partial charge in [-0.25, -0.2) is 0 Å². The van der Waals surface area contributed by atoms with E-state index in [2.05, 4.69) is 41.1 Å². The number of benzene rings is 1. The lowest BCUT2D eigenvalue weighted by Gasteiger charge is -2.13. The van der Waals surface area contributed by atoms with Crippen molar-refractivity contribution in [2.24, 2.45) is 11.7 Å². The Labute approximate surface area is 150 Å². The maximum absolute atomic E-state index is 11.9. The number of halogens is 2. The highest BCUT2D eigenvalue weighted by Gasteiger charge is 2.11. The molecule has 1 heterocycles. The van der Waals surface area contributed by atoms with E-state index in [1.807, 2.05) is 25.1 Å². The van der Waals surface area contributed by atoms with Crippen LogP contribution < -0.4 is 11.1 Å². The van der Waals surface area contributed by atoms with Crippen molar-refractivity contribution in [1.82, 2.24) is 9.47 Å². The van der Waals surface area contributed by atoms with Gasteiger partial charge in [0.1, 0.15) is 0 Å². The van der Waals surface area contributed by atoms with Crippen LogP contribution in [-0.4, -0.2) is 42.6 Å². The fraction of sp³-hybridized carbons (Fsp3) is 0.438. The molecule has 3 N–H and O–H groups in total. The molecule has 0 bridgehead atoms. The van der Waals surface area contributed by atoms with Crippen LogP contribution in [0.5, 0.6) is 0 Å². The second kappa shape index (κ2) is 9.78. The van der Waals surface area contributed by atoms with Gasteiger partial charge in [0.15, 0.2) is 0 Å². The zero-order chi connectivity index (χ0) is 15.4. The number of hydrogen-bond acceptors (Lipinski definition) is 3. The van der Waals surface area contributed by atoms with Gasteiger partial charge in [-0.15, -0.1) is 24.8 Å². The van der Waals surface area contributed by atoms with Crippen LogP contribution in [0, 0.1) is 5.92 Å². The van der Waals surface area contributed by atoms with Gasteiger partial charge in [0.25, 0.3) is 0 Å². The van der Waals surface area contributed by atoms with Crippen molar-refractivity contribution in [3.8, 4) is 0 Å². The molecule has 1 amide bonds. The standard InChI is InChI=1S/C16H24N4O.2ClH/c1-12(11-17)16(21)18-14-5-4-13-6-7-20(15(13)10-14)9-8-19(2)3;;/h4-7,10,12H,8-9,11,17H2,1-3H3,(H,18,21);2*1H. The van der Waals surface area contributed by atoms with Crippen LogP contribution in [0.1, 0.15) is 6.92 Å². The van der Waals surface area contributed by atoms with Crippen molar-refractivity contribution >= 4 is 47.3 Å². The summed E-state index contributed by atoms with van der Waals surface area (Å²) in [5, 5.41) is 4.10. The Bertz CT molecular complexity index is 628. The molecular formula is C16H26Cl2N4O. The molecule has 1 aromatic carbocycles. The molecular weight excluding hydrogens is 335 g/mol. The smallest absolute Gasteiger partial charge is 0.228 e. The van der Waals surface area contributed by atoms with E-state index in [0.717, 1.165) is 24.3 Å². The number of anilines is 1. The minimum Gasteiger partial charge on any atom is -0.346 e. The van der Waals surface area contributed by atoms with Gasteiger partial charge in [-0.1, -0.05) is 13.0 Å². The van der Waals surface area contributed by atoms with Gasteiger partial charge in [-0.3, -0.25) is 4.79 Å². The van der Waals surface area contributed by atoms with Gasteiger partial charge in [-0.05, 0) is 37.7 Å². The number of hydrogen-bond donors (Lipinski definition) is 2. The zero-order valence-corrected chi connectivity index (χ0v) is 15.4. The first kappa shape index (κ1) is 21.7. The van der Waals surface area contributed by atoms with Crippen LogP contribution in [0.4, 0.5) is 5.69 Å². The summed E-state index contributed by atoms with van der Waals surface area (Å²) in [5.41, 5.74) is 7.47. The van der Waals surface area contributed by atoms with Gasteiger partial charge in [0.2, 0.25) is 5.91 Å². The Hall–Kier alpha value is -1.27. The number of likely N-dealkylation sites (N-methyl/N-ethyl adjacent to an activating group) is 1. The first-order valence-electron chi connectivity index (χ1n) is 7.26. The molecule has 1 unspecified atom stereocenters. The Kier molecular flexibility index (Phi) is 9.24. The van der Waals surface area contributed by atoms with Crippen LogP contribution in [0.2, 0.25) is 0 Å². The quantitative estimate of drug-likeness (QED) is 0.831. The third-order valence-electron chi connectivity index (χ3n) is 3.63. The van der Waals surface area contributed by atoms with Crippen LogP contribution >= 0.6 is 24.8 Å². The molecule has 0 saturated heterocycles. The summed E-state index contributed by atoms with van der Waals surface area (Å²) in [7, 11) is 4.12. The number of fused-ring (bicyclic) bond motifs is 1. The molecule has 7 heteroatoms. The second-order valence-corrected chi connectivity index (χ2v) is 5.71. The Morgan fingerprint density at radius 1 is 1.30 bits per heavy atom. The molecule has 130 valence electrons. The van der Waals surface area contributed by atoms with E-state index < -0.39 is 0 Å². The molecule has 0 aliphatic rings. The minimum absolute atomic E-state index is 0. The third-order valence-corrected chi connectivity index (χ3v) is 3.63. The number of amides is 1. The van der Waals surface area contributed by atoms with Gasteiger partial charge >= 0.3 is 0 Å². The van der Waals surface area contributed by atoms with Crippen LogP contribution in [0.3, 0.4) is 0 Å². The van der Waals surface area contributed by atoms with Crippen LogP contribution in [0.25, 0.3) is 10.9 Å². The topological polar surface area (TPSA) is 63.3 Å². The van der Waals surface area contributed by atoms with E-state index >= 15 is 0 Å². The number of nitrogens with two attached hydrogens (primary N) is 1. The van der Waals surface area contributed by atoms with Gasteiger partial charge in [-0.2, -0.15) is 0 Å². The molecule has 0 fully saturated rings. The highest BCUT2D eigenvalue weighted by Crippen LogP contribution is 2.21. The molecule has 23 heavy (non-hydrogen) atoms. The number of nitrogens with one attached hydrogen (secondary N) is 1. The lowest BCUT2D eigenvalue weighted by atomic mass is 10.1. The van der Waals surface area contributed by atoms with E-state index in [1.54, 1.807) is 0 Å². The van der Waals surface area contributed by atoms with Crippen molar-refractivity contribution in [3.05, 3.63) is 30.5 Å². The normalized spacial score (nSPS) is 11.7. The first-order chi connectivity index (χ1) is 10.0. The molecule has 2 rings (SSSR count). The summed E-state index contributed by atoms with van der Waals surface area (Å²) in [6, 6.07) is 8.08. The molecule has 1 aromatic heterocycles. The highest BCUT2D eigenvalue weighted by atomic mass is 35.5. The predicted octanol–water partition coefficient (Wildman–Crippen LogP) is 2.58. The monoisotopic (exact) mass is 360 g/mol. The Morgan fingerprint density at radius 3 is 2.61 bits per heavy atom. The lowest BCUT2D eigenvalue weighted by molar-refractivity contribution is -0.119. The number of carbonyl (C=O) groups excluding carboxylic acids is 1. The fourth-order valence-electron chi connectivity index (χ4n) is 2.14. The molecule has 0 saturated carbocycles. The van der Waals surface area contributed by atoms with Crippen molar-refractivity contribution in [1.29, 1.82) is 0 Å². The summed E-state index contributed by atoms with van der Waals surface area (Å²) in [4.78, 5) is 14.1. The molecule has 0 radical (unpaired) electrons. The predicted molar refractivity (Wildman–Crippen MR) is 102 cm³/mol. The summed E-state index contributed by atoms with van der Waals surface area (Å²) in [6.45, 7) is 4.08. The Morgan fingerprint density at radius 2 is 2.00 bits per heavy atom.